The molecule has 0 aliphatic rings. The summed E-state index contributed by atoms with van der Waals surface area (Å²) < 4.78 is 0. The number of amides is 1. The third-order valence-corrected chi connectivity index (χ3v) is 2.66. The Kier molecular flexibility index (Phi) is 3.48. The zero-order chi connectivity index (χ0) is 13.0. The molecule has 0 aromatic heterocycles. The molecular weight excluding hydrogens is 226 g/mol. The first-order valence-corrected chi connectivity index (χ1v) is 5.64. The lowest BCUT2D eigenvalue weighted by Crippen LogP contribution is -2.13. The van der Waals surface area contributed by atoms with Gasteiger partial charge >= 0.3 is 0 Å². The van der Waals surface area contributed by atoms with Gasteiger partial charge in [0.1, 0.15) is 0 Å². The first kappa shape index (κ1) is 12.0. The fourth-order valence-corrected chi connectivity index (χ4v) is 1.70. The van der Waals surface area contributed by atoms with Crippen molar-refractivity contribution in [2.45, 2.75) is 6.54 Å². The molecule has 4 heteroatoms. The molecule has 5 N–H and O–H groups in total. The predicted octanol–water partition coefficient (Wildman–Crippen LogP) is 1.98. The van der Waals surface area contributed by atoms with E-state index in [1.54, 1.807) is 18.2 Å². The minimum absolute atomic E-state index is 0.347. The van der Waals surface area contributed by atoms with Crippen LogP contribution in [0.4, 0.5) is 11.4 Å². The summed E-state index contributed by atoms with van der Waals surface area (Å²) in [4.78, 5) is 11.0. The zero-order valence-corrected chi connectivity index (χ0v) is 9.89. The standard InChI is InChI=1S/C14H15N3O/c15-13-8-11(6-7-12(13)14(16)18)17-9-10-4-2-1-3-5-10/h1-8,17H,9,15H2,(H2,16,18). The number of nitrogen functional groups attached to an aromatic ring is 1. The summed E-state index contributed by atoms with van der Waals surface area (Å²) in [7, 11) is 0. The molecule has 2 aromatic rings. The molecule has 1 amide bonds. The first-order chi connectivity index (χ1) is 8.66. The number of nitrogens with two attached hydrogens (primary N) is 2. The Morgan fingerprint density at radius 2 is 1.83 bits per heavy atom. The van der Waals surface area contributed by atoms with Gasteiger partial charge in [0.15, 0.2) is 0 Å². The van der Waals surface area contributed by atoms with Crippen molar-refractivity contribution in [2.75, 3.05) is 11.1 Å². The predicted molar refractivity (Wildman–Crippen MR) is 73.1 cm³/mol. The third kappa shape index (κ3) is 2.79. The summed E-state index contributed by atoms with van der Waals surface area (Å²) in [5, 5.41) is 3.24. The largest absolute Gasteiger partial charge is 0.398 e. The maximum atomic E-state index is 11.0. The van der Waals surface area contributed by atoms with Crippen molar-refractivity contribution in [2.24, 2.45) is 5.73 Å². The van der Waals surface area contributed by atoms with Crippen LogP contribution >= 0.6 is 0 Å². The number of rotatable bonds is 4. The van der Waals surface area contributed by atoms with Gasteiger partial charge in [0, 0.05) is 17.9 Å². The highest BCUT2D eigenvalue weighted by Gasteiger charge is 2.05. The van der Waals surface area contributed by atoms with Crippen LogP contribution in [0.5, 0.6) is 0 Å². The van der Waals surface area contributed by atoms with Gasteiger partial charge in [0.2, 0.25) is 0 Å². The average Bonchev–Trinajstić information content (AvgIpc) is 2.37. The van der Waals surface area contributed by atoms with E-state index in [4.69, 9.17) is 11.5 Å². The lowest BCUT2D eigenvalue weighted by Gasteiger charge is -2.09. The Morgan fingerprint density at radius 3 is 2.44 bits per heavy atom. The average molecular weight is 241 g/mol. The van der Waals surface area contributed by atoms with Crippen LogP contribution < -0.4 is 16.8 Å². The quantitative estimate of drug-likeness (QED) is 0.716. The van der Waals surface area contributed by atoms with E-state index in [0.29, 0.717) is 17.8 Å². The number of hydrogen-bond acceptors (Lipinski definition) is 3. The van der Waals surface area contributed by atoms with Gasteiger partial charge in [-0.1, -0.05) is 30.3 Å². The van der Waals surface area contributed by atoms with Gasteiger partial charge in [-0.3, -0.25) is 4.79 Å². The fraction of sp³-hybridized carbons (Fsp3) is 0.0714. The second kappa shape index (κ2) is 5.23. The van der Waals surface area contributed by atoms with E-state index in [1.807, 2.05) is 30.3 Å². The number of carbonyl (C=O) groups excluding carboxylic acids is 1. The van der Waals surface area contributed by atoms with Crippen molar-refractivity contribution in [3.63, 3.8) is 0 Å². The molecule has 4 nitrogen and oxygen atoms in total. The summed E-state index contributed by atoms with van der Waals surface area (Å²) in [5.74, 6) is -0.512. The second-order valence-corrected chi connectivity index (χ2v) is 4.01. The minimum atomic E-state index is -0.512. The summed E-state index contributed by atoms with van der Waals surface area (Å²) in [6.45, 7) is 0.705. The number of carbonyl (C=O) groups is 1. The molecule has 2 rings (SSSR count). The SMILES string of the molecule is NC(=O)c1ccc(NCc2ccccc2)cc1N. The van der Waals surface area contributed by atoms with Gasteiger partial charge < -0.3 is 16.8 Å². The van der Waals surface area contributed by atoms with Gasteiger partial charge in [-0.15, -0.1) is 0 Å². The molecule has 0 radical (unpaired) electrons. The molecule has 0 bridgehead atoms. The molecule has 92 valence electrons. The molecule has 0 heterocycles. The molecule has 18 heavy (non-hydrogen) atoms. The summed E-state index contributed by atoms with van der Waals surface area (Å²) in [6.07, 6.45) is 0. The maximum Gasteiger partial charge on any atom is 0.250 e. The summed E-state index contributed by atoms with van der Waals surface area (Å²) in [6, 6.07) is 15.2. The van der Waals surface area contributed by atoms with Crippen LogP contribution in [0.3, 0.4) is 0 Å². The van der Waals surface area contributed by atoms with Crippen LogP contribution in [0.25, 0.3) is 0 Å². The molecule has 0 aliphatic carbocycles. The highest BCUT2D eigenvalue weighted by Crippen LogP contribution is 2.18. The van der Waals surface area contributed by atoms with E-state index in [0.717, 1.165) is 5.69 Å². The van der Waals surface area contributed by atoms with Crippen LogP contribution in [0.15, 0.2) is 48.5 Å². The zero-order valence-electron chi connectivity index (χ0n) is 9.89. The Hall–Kier alpha value is -2.49. The third-order valence-electron chi connectivity index (χ3n) is 2.66. The Labute approximate surface area is 106 Å². The smallest absolute Gasteiger partial charge is 0.250 e. The van der Waals surface area contributed by atoms with Crippen LogP contribution in [-0.2, 0) is 6.54 Å². The van der Waals surface area contributed by atoms with Crippen LogP contribution in [0.2, 0.25) is 0 Å². The number of anilines is 2. The summed E-state index contributed by atoms with van der Waals surface area (Å²) >= 11 is 0. The Balaban J connectivity index is 2.07. The van der Waals surface area contributed by atoms with Crippen molar-refractivity contribution in [3.05, 3.63) is 59.7 Å². The van der Waals surface area contributed by atoms with Crippen molar-refractivity contribution in [3.8, 4) is 0 Å². The molecule has 0 saturated carbocycles. The maximum absolute atomic E-state index is 11.0. The monoisotopic (exact) mass is 241 g/mol. The van der Waals surface area contributed by atoms with Crippen molar-refractivity contribution >= 4 is 17.3 Å². The lowest BCUT2D eigenvalue weighted by molar-refractivity contribution is 0.100. The molecule has 0 unspecified atom stereocenters. The van der Waals surface area contributed by atoms with E-state index in [9.17, 15) is 4.79 Å². The summed E-state index contributed by atoms with van der Waals surface area (Å²) in [5.41, 5.74) is 13.7. The second-order valence-electron chi connectivity index (χ2n) is 4.01. The van der Waals surface area contributed by atoms with Gasteiger partial charge in [-0.2, -0.15) is 0 Å². The van der Waals surface area contributed by atoms with Gasteiger partial charge in [-0.25, -0.2) is 0 Å². The van der Waals surface area contributed by atoms with Crippen LogP contribution in [-0.4, -0.2) is 5.91 Å². The van der Waals surface area contributed by atoms with Gasteiger partial charge in [0.05, 0.1) is 5.56 Å². The number of nitrogens with one attached hydrogen (secondary N) is 1. The molecule has 0 atom stereocenters. The van der Waals surface area contributed by atoms with Gasteiger partial charge in [-0.05, 0) is 23.8 Å². The highest BCUT2D eigenvalue weighted by molar-refractivity contribution is 5.98. The van der Waals surface area contributed by atoms with Crippen molar-refractivity contribution in [1.29, 1.82) is 0 Å². The normalized spacial score (nSPS) is 10.0. The van der Waals surface area contributed by atoms with E-state index >= 15 is 0 Å². The minimum Gasteiger partial charge on any atom is -0.398 e. The molecule has 0 saturated heterocycles. The van der Waals surface area contributed by atoms with E-state index in [2.05, 4.69) is 5.32 Å². The van der Waals surface area contributed by atoms with Crippen LogP contribution in [0.1, 0.15) is 15.9 Å². The number of benzene rings is 2. The number of hydrogen-bond donors (Lipinski definition) is 3. The Bertz CT molecular complexity index is 552. The van der Waals surface area contributed by atoms with E-state index < -0.39 is 5.91 Å². The first-order valence-electron chi connectivity index (χ1n) is 5.64. The Morgan fingerprint density at radius 1 is 1.11 bits per heavy atom. The topological polar surface area (TPSA) is 81.1 Å². The molecule has 0 aliphatic heterocycles. The highest BCUT2D eigenvalue weighted by atomic mass is 16.1. The molecule has 2 aromatic carbocycles. The van der Waals surface area contributed by atoms with Crippen molar-refractivity contribution in [1.82, 2.24) is 0 Å². The molecule has 0 fully saturated rings. The van der Waals surface area contributed by atoms with E-state index in [1.165, 1.54) is 5.56 Å². The van der Waals surface area contributed by atoms with Crippen LogP contribution in [0, 0.1) is 0 Å². The molecule has 0 spiro atoms. The molecular formula is C14H15N3O. The number of primary amides is 1. The fourth-order valence-electron chi connectivity index (χ4n) is 1.70. The lowest BCUT2D eigenvalue weighted by atomic mass is 10.1. The van der Waals surface area contributed by atoms with E-state index in [-0.39, 0.29) is 0 Å². The van der Waals surface area contributed by atoms with Gasteiger partial charge in [0.25, 0.3) is 5.91 Å². The van der Waals surface area contributed by atoms with Crippen molar-refractivity contribution < 1.29 is 4.79 Å².